The van der Waals surface area contributed by atoms with Gasteiger partial charge in [0, 0.05) is 15.6 Å². The van der Waals surface area contributed by atoms with Gasteiger partial charge >= 0.3 is 0 Å². The van der Waals surface area contributed by atoms with Crippen LogP contribution in [-0.4, -0.2) is 11.6 Å². The number of hydrogen-bond acceptors (Lipinski definition) is 2. The molecule has 0 spiro atoms. The SMILES string of the molecule is O=C1c2ccccc2C(=O)C1c1ccc2ccccc2c1Br. The van der Waals surface area contributed by atoms with Gasteiger partial charge in [-0.25, -0.2) is 0 Å². The Morgan fingerprint density at radius 3 is 2.00 bits per heavy atom. The predicted octanol–water partition coefficient (Wildman–Crippen LogP) is 4.77. The quantitative estimate of drug-likeness (QED) is 0.592. The summed E-state index contributed by atoms with van der Waals surface area (Å²) in [6.07, 6.45) is 0. The number of rotatable bonds is 1. The maximum atomic E-state index is 12.7. The lowest BCUT2D eigenvalue weighted by atomic mass is 9.92. The average molecular weight is 351 g/mol. The lowest BCUT2D eigenvalue weighted by molar-refractivity contribution is 0.0890. The minimum absolute atomic E-state index is 0.114. The summed E-state index contributed by atoms with van der Waals surface area (Å²) in [5.74, 6) is -0.968. The van der Waals surface area contributed by atoms with Gasteiger partial charge in [0.25, 0.3) is 0 Å². The standard InChI is InChI=1S/C19H11BrO2/c20-17-12-6-2-1-5-11(12)9-10-15(17)16-18(21)13-7-3-4-8-14(13)19(16)22/h1-10,16H. The molecule has 3 heteroatoms. The molecule has 0 N–H and O–H groups in total. The zero-order chi connectivity index (χ0) is 15.3. The van der Waals surface area contributed by atoms with Crippen LogP contribution in [-0.2, 0) is 0 Å². The van der Waals surface area contributed by atoms with Crippen molar-refractivity contribution in [2.75, 3.05) is 0 Å². The molecule has 106 valence electrons. The molecule has 0 amide bonds. The summed E-state index contributed by atoms with van der Waals surface area (Å²) in [5.41, 5.74) is 1.79. The second-order valence-corrected chi connectivity index (χ2v) is 6.19. The van der Waals surface area contributed by atoms with Crippen molar-refractivity contribution in [3.05, 3.63) is 81.8 Å². The van der Waals surface area contributed by atoms with E-state index in [9.17, 15) is 9.59 Å². The minimum atomic E-state index is -0.739. The summed E-state index contributed by atoms with van der Waals surface area (Å²) in [7, 11) is 0. The van der Waals surface area contributed by atoms with Crippen LogP contribution < -0.4 is 0 Å². The molecule has 0 unspecified atom stereocenters. The number of fused-ring (bicyclic) bond motifs is 2. The van der Waals surface area contributed by atoms with E-state index < -0.39 is 5.92 Å². The third kappa shape index (κ3) is 1.79. The Bertz CT molecular complexity index is 908. The predicted molar refractivity (Wildman–Crippen MR) is 89.5 cm³/mol. The van der Waals surface area contributed by atoms with Crippen LogP contribution in [0.25, 0.3) is 10.8 Å². The molecule has 0 heterocycles. The van der Waals surface area contributed by atoms with Gasteiger partial charge in [-0.2, -0.15) is 0 Å². The van der Waals surface area contributed by atoms with Gasteiger partial charge in [-0.15, -0.1) is 0 Å². The zero-order valence-electron chi connectivity index (χ0n) is 11.5. The molecule has 4 rings (SSSR count). The molecule has 0 bridgehead atoms. The van der Waals surface area contributed by atoms with Crippen molar-refractivity contribution in [1.29, 1.82) is 0 Å². The third-order valence-corrected chi connectivity index (χ3v) is 5.07. The van der Waals surface area contributed by atoms with Gasteiger partial charge in [0.2, 0.25) is 0 Å². The zero-order valence-corrected chi connectivity index (χ0v) is 13.1. The number of halogens is 1. The number of benzene rings is 3. The van der Waals surface area contributed by atoms with Crippen LogP contribution >= 0.6 is 15.9 Å². The molecule has 1 aliphatic carbocycles. The third-order valence-electron chi connectivity index (χ3n) is 4.19. The lowest BCUT2D eigenvalue weighted by Crippen LogP contribution is -2.13. The highest BCUT2D eigenvalue weighted by molar-refractivity contribution is 9.10. The van der Waals surface area contributed by atoms with E-state index in [0.717, 1.165) is 20.8 Å². The Kier molecular flexibility index (Phi) is 2.98. The highest BCUT2D eigenvalue weighted by atomic mass is 79.9. The van der Waals surface area contributed by atoms with Crippen LogP contribution in [0.15, 0.2) is 65.1 Å². The first kappa shape index (κ1) is 13.4. The number of hydrogen-bond donors (Lipinski definition) is 0. The first-order valence-corrected chi connectivity index (χ1v) is 7.82. The summed E-state index contributed by atoms with van der Waals surface area (Å²) in [6.45, 7) is 0. The Morgan fingerprint density at radius 1 is 0.727 bits per heavy atom. The average Bonchev–Trinajstić information content (AvgIpc) is 2.81. The van der Waals surface area contributed by atoms with Crippen molar-refractivity contribution in [2.45, 2.75) is 5.92 Å². The van der Waals surface area contributed by atoms with E-state index in [-0.39, 0.29) is 11.6 Å². The van der Waals surface area contributed by atoms with Crippen LogP contribution in [0.2, 0.25) is 0 Å². The molecule has 0 aromatic heterocycles. The van der Waals surface area contributed by atoms with E-state index in [1.165, 1.54) is 0 Å². The van der Waals surface area contributed by atoms with Crippen LogP contribution in [0.4, 0.5) is 0 Å². The molecule has 3 aromatic carbocycles. The highest BCUT2D eigenvalue weighted by Crippen LogP contribution is 2.39. The van der Waals surface area contributed by atoms with Gasteiger partial charge in [0.1, 0.15) is 5.92 Å². The second kappa shape index (κ2) is 4.89. The summed E-state index contributed by atoms with van der Waals surface area (Å²) in [6, 6.07) is 18.8. The van der Waals surface area contributed by atoms with Crippen molar-refractivity contribution < 1.29 is 9.59 Å². The van der Waals surface area contributed by atoms with Crippen LogP contribution in [0.5, 0.6) is 0 Å². The Labute approximate surface area is 135 Å². The van der Waals surface area contributed by atoms with Crippen molar-refractivity contribution in [1.82, 2.24) is 0 Å². The largest absolute Gasteiger partial charge is 0.293 e. The Balaban J connectivity index is 1.92. The topological polar surface area (TPSA) is 34.1 Å². The molecule has 0 fully saturated rings. The van der Waals surface area contributed by atoms with Crippen LogP contribution in [0.3, 0.4) is 0 Å². The van der Waals surface area contributed by atoms with E-state index in [4.69, 9.17) is 0 Å². The van der Waals surface area contributed by atoms with Gasteiger partial charge in [-0.1, -0.05) is 60.7 Å². The molecule has 0 saturated heterocycles. The summed E-state index contributed by atoms with van der Waals surface area (Å²) < 4.78 is 0.824. The fourth-order valence-electron chi connectivity index (χ4n) is 3.10. The summed E-state index contributed by atoms with van der Waals surface area (Å²) in [4.78, 5) is 25.3. The minimum Gasteiger partial charge on any atom is -0.293 e. The lowest BCUT2D eigenvalue weighted by Gasteiger charge is -2.12. The van der Waals surface area contributed by atoms with Crippen molar-refractivity contribution in [2.24, 2.45) is 0 Å². The molecule has 1 aliphatic rings. The van der Waals surface area contributed by atoms with Crippen molar-refractivity contribution in [3.8, 4) is 0 Å². The van der Waals surface area contributed by atoms with E-state index in [1.807, 2.05) is 36.4 Å². The first-order valence-electron chi connectivity index (χ1n) is 7.03. The molecule has 0 aliphatic heterocycles. The normalized spacial score (nSPS) is 14.6. The fraction of sp³-hybridized carbons (Fsp3) is 0.0526. The summed E-state index contributed by atoms with van der Waals surface area (Å²) >= 11 is 3.59. The van der Waals surface area contributed by atoms with Gasteiger partial charge in [-0.05, 0) is 32.3 Å². The molecular weight excluding hydrogens is 340 g/mol. The second-order valence-electron chi connectivity index (χ2n) is 5.40. The van der Waals surface area contributed by atoms with Gasteiger partial charge in [0.15, 0.2) is 11.6 Å². The fourth-order valence-corrected chi connectivity index (χ4v) is 3.82. The van der Waals surface area contributed by atoms with Gasteiger partial charge in [-0.3, -0.25) is 9.59 Å². The first-order chi connectivity index (χ1) is 10.7. The van der Waals surface area contributed by atoms with E-state index >= 15 is 0 Å². The molecule has 0 saturated carbocycles. The van der Waals surface area contributed by atoms with E-state index in [1.54, 1.807) is 24.3 Å². The molecule has 0 radical (unpaired) electrons. The number of carbonyl (C=O) groups excluding carboxylic acids is 2. The smallest absolute Gasteiger partial charge is 0.178 e. The number of carbonyl (C=O) groups is 2. The van der Waals surface area contributed by atoms with E-state index in [2.05, 4.69) is 15.9 Å². The molecule has 0 atom stereocenters. The van der Waals surface area contributed by atoms with Gasteiger partial charge < -0.3 is 0 Å². The number of ketones is 2. The van der Waals surface area contributed by atoms with Crippen molar-refractivity contribution >= 4 is 38.3 Å². The molecule has 2 nitrogen and oxygen atoms in total. The molecular formula is C19H11BrO2. The van der Waals surface area contributed by atoms with Crippen molar-refractivity contribution in [3.63, 3.8) is 0 Å². The van der Waals surface area contributed by atoms with Gasteiger partial charge in [0.05, 0.1) is 0 Å². The summed E-state index contributed by atoms with van der Waals surface area (Å²) in [5, 5.41) is 2.09. The highest BCUT2D eigenvalue weighted by Gasteiger charge is 2.40. The molecule has 22 heavy (non-hydrogen) atoms. The maximum Gasteiger partial charge on any atom is 0.178 e. The number of Topliss-reactive ketones (excluding diaryl/α,β-unsaturated/α-hetero) is 2. The van der Waals surface area contributed by atoms with Crippen LogP contribution in [0.1, 0.15) is 32.2 Å². The van der Waals surface area contributed by atoms with E-state index in [0.29, 0.717) is 11.1 Å². The van der Waals surface area contributed by atoms with Crippen LogP contribution in [0, 0.1) is 0 Å². The Hall–Kier alpha value is -2.26. The monoisotopic (exact) mass is 350 g/mol. The maximum absolute atomic E-state index is 12.7. The Morgan fingerprint density at radius 2 is 1.32 bits per heavy atom. The molecule has 3 aromatic rings.